The first-order valence-corrected chi connectivity index (χ1v) is 6.56. The number of pyridine rings is 1. The van der Waals surface area contributed by atoms with Crippen LogP contribution in [0.25, 0.3) is 0 Å². The first-order valence-electron chi connectivity index (χ1n) is 5.74. The molecule has 19 heavy (non-hydrogen) atoms. The van der Waals surface area contributed by atoms with Gasteiger partial charge in [0.2, 0.25) is 0 Å². The summed E-state index contributed by atoms with van der Waals surface area (Å²) in [7, 11) is 1.63. The van der Waals surface area contributed by atoms with E-state index in [2.05, 4.69) is 4.98 Å². The minimum atomic E-state index is 0.0306. The smallest absolute Gasteiger partial charge is 0.132 e. The molecule has 0 bridgehead atoms. The van der Waals surface area contributed by atoms with E-state index in [-0.39, 0.29) is 5.84 Å². The van der Waals surface area contributed by atoms with E-state index in [0.717, 1.165) is 21.2 Å². The standard InChI is InChI=1S/C14H15N3OS/c1-9-7-8-17-14(12(9)13(15)16)19-11-6-4-3-5-10(11)18-2/h3-8H,1-2H3,(H3,15,16). The quantitative estimate of drug-likeness (QED) is 0.663. The summed E-state index contributed by atoms with van der Waals surface area (Å²) >= 11 is 1.45. The van der Waals surface area contributed by atoms with Gasteiger partial charge in [-0.05, 0) is 30.7 Å². The van der Waals surface area contributed by atoms with E-state index in [9.17, 15) is 0 Å². The summed E-state index contributed by atoms with van der Waals surface area (Å²) in [5, 5.41) is 8.39. The molecule has 0 fully saturated rings. The van der Waals surface area contributed by atoms with Crippen molar-refractivity contribution in [3.05, 3.63) is 47.7 Å². The van der Waals surface area contributed by atoms with Gasteiger partial charge in [-0.3, -0.25) is 5.41 Å². The van der Waals surface area contributed by atoms with Gasteiger partial charge in [-0.25, -0.2) is 4.98 Å². The van der Waals surface area contributed by atoms with Crippen molar-refractivity contribution in [1.82, 2.24) is 4.98 Å². The molecular formula is C14H15N3OS. The largest absolute Gasteiger partial charge is 0.496 e. The van der Waals surface area contributed by atoms with Gasteiger partial charge in [-0.2, -0.15) is 0 Å². The van der Waals surface area contributed by atoms with Crippen molar-refractivity contribution < 1.29 is 4.74 Å². The number of aryl methyl sites for hydroxylation is 1. The van der Waals surface area contributed by atoms with Crippen LogP contribution in [0.1, 0.15) is 11.1 Å². The molecule has 0 aliphatic carbocycles. The molecular weight excluding hydrogens is 258 g/mol. The summed E-state index contributed by atoms with van der Waals surface area (Å²) < 4.78 is 5.31. The number of benzene rings is 1. The van der Waals surface area contributed by atoms with Crippen molar-refractivity contribution in [2.45, 2.75) is 16.8 Å². The van der Waals surface area contributed by atoms with Gasteiger partial charge >= 0.3 is 0 Å². The number of aromatic nitrogens is 1. The molecule has 0 aliphatic rings. The third-order valence-electron chi connectivity index (χ3n) is 2.67. The van der Waals surface area contributed by atoms with Gasteiger partial charge in [0.1, 0.15) is 16.6 Å². The lowest BCUT2D eigenvalue weighted by Gasteiger charge is -2.11. The van der Waals surface area contributed by atoms with Crippen LogP contribution in [0.15, 0.2) is 46.5 Å². The highest BCUT2D eigenvalue weighted by molar-refractivity contribution is 7.99. The van der Waals surface area contributed by atoms with E-state index in [4.69, 9.17) is 15.9 Å². The lowest BCUT2D eigenvalue weighted by molar-refractivity contribution is 0.405. The molecule has 0 saturated carbocycles. The Balaban J connectivity index is 2.44. The van der Waals surface area contributed by atoms with Crippen molar-refractivity contribution in [3.63, 3.8) is 0 Å². The molecule has 0 aliphatic heterocycles. The maximum atomic E-state index is 7.67. The van der Waals surface area contributed by atoms with Crippen LogP contribution in [0.5, 0.6) is 5.75 Å². The Kier molecular flexibility index (Phi) is 4.06. The highest BCUT2D eigenvalue weighted by Crippen LogP contribution is 2.35. The van der Waals surface area contributed by atoms with Crippen LogP contribution in [0.3, 0.4) is 0 Å². The molecule has 2 aromatic rings. The zero-order valence-corrected chi connectivity index (χ0v) is 11.6. The fraction of sp³-hybridized carbons (Fsp3) is 0.143. The average Bonchev–Trinajstić information content (AvgIpc) is 2.39. The van der Waals surface area contributed by atoms with Crippen LogP contribution in [-0.2, 0) is 0 Å². The second-order valence-electron chi connectivity index (χ2n) is 3.97. The van der Waals surface area contributed by atoms with Gasteiger partial charge in [0.15, 0.2) is 0 Å². The first kappa shape index (κ1) is 13.4. The minimum Gasteiger partial charge on any atom is -0.496 e. The number of rotatable bonds is 4. The number of nitrogens with one attached hydrogen (secondary N) is 1. The van der Waals surface area contributed by atoms with E-state index in [1.807, 2.05) is 37.3 Å². The predicted molar refractivity (Wildman–Crippen MR) is 77.1 cm³/mol. The topological polar surface area (TPSA) is 72.0 Å². The zero-order chi connectivity index (χ0) is 13.8. The van der Waals surface area contributed by atoms with Gasteiger partial charge < -0.3 is 10.5 Å². The number of hydrogen-bond acceptors (Lipinski definition) is 4. The molecule has 1 heterocycles. The van der Waals surface area contributed by atoms with Gasteiger partial charge in [0, 0.05) is 6.20 Å². The van der Waals surface area contributed by atoms with E-state index < -0.39 is 0 Å². The summed E-state index contributed by atoms with van der Waals surface area (Å²) in [4.78, 5) is 5.27. The van der Waals surface area contributed by atoms with Crippen molar-refractivity contribution in [2.24, 2.45) is 5.73 Å². The number of methoxy groups -OCH3 is 1. The highest BCUT2D eigenvalue weighted by Gasteiger charge is 2.13. The second kappa shape index (κ2) is 5.75. The van der Waals surface area contributed by atoms with Crippen molar-refractivity contribution in [1.29, 1.82) is 5.41 Å². The number of para-hydroxylation sites is 1. The van der Waals surface area contributed by atoms with Crippen LogP contribution >= 0.6 is 11.8 Å². The molecule has 1 aromatic heterocycles. The third-order valence-corrected chi connectivity index (χ3v) is 3.73. The fourth-order valence-electron chi connectivity index (χ4n) is 1.75. The Bertz CT molecular complexity index is 613. The number of nitrogen functional groups attached to an aromatic ring is 1. The van der Waals surface area contributed by atoms with Crippen LogP contribution < -0.4 is 10.5 Å². The fourth-order valence-corrected chi connectivity index (χ4v) is 2.84. The number of amidine groups is 1. The van der Waals surface area contributed by atoms with E-state index in [1.54, 1.807) is 13.3 Å². The third kappa shape index (κ3) is 2.88. The molecule has 98 valence electrons. The number of ether oxygens (including phenoxy) is 1. The van der Waals surface area contributed by atoms with Gasteiger partial charge in [0.05, 0.1) is 17.6 Å². The molecule has 0 unspecified atom stereocenters. The lowest BCUT2D eigenvalue weighted by Crippen LogP contribution is -2.14. The molecule has 4 nitrogen and oxygen atoms in total. The molecule has 2 rings (SSSR count). The summed E-state index contributed by atoms with van der Waals surface area (Å²) in [5.74, 6) is 0.813. The molecule has 0 spiro atoms. The predicted octanol–water partition coefficient (Wildman–Crippen LogP) is 2.83. The van der Waals surface area contributed by atoms with Crippen LogP contribution in [0, 0.1) is 12.3 Å². The Morgan fingerprint density at radius 1 is 1.32 bits per heavy atom. The molecule has 3 N–H and O–H groups in total. The maximum Gasteiger partial charge on any atom is 0.132 e. The van der Waals surface area contributed by atoms with E-state index >= 15 is 0 Å². The Morgan fingerprint density at radius 3 is 2.74 bits per heavy atom. The lowest BCUT2D eigenvalue weighted by atomic mass is 10.1. The molecule has 5 heteroatoms. The molecule has 0 saturated heterocycles. The molecule has 0 atom stereocenters. The molecule has 1 aromatic carbocycles. The van der Waals surface area contributed by atoms with Gasteiger partial charge in [0.25, 0.3) is 0 Å². The summed E-state index contributed by atoms with van der Waals surface area (Å²) in [6.07, 6.45) is 1.72. The highest BCUT2D eigenvalue weighted by atomic mass is 32.2. The molecule has 0 amide bonds. The summed E-state index contributed by atoms with van der Waals surface area (Å²) in [5.41, 5.74) is 7.26. The Hall–Kier alpha value is -2.01. The zero-order valence-electron chi connectivity index (χ0n) is 10.8. The Labute approximate surface area is 116 Å². The van der Waals surface area contributed by atoms with Gasteiger partial charge in [-0.1, -0.05) is 23.9 Å². The first-order chi connectivity index (χ1) is 9.13. The number of nitrogens with zero attached hydrogens (tertiary/aromatic N) is 1. The van der Waals surface area contributed by atoms with Crippen molar-refractivity contribution >= 4 is 17.6 Å². The monoisotopic (exact) mass is 273 g/mol. The second-order valence-corrected chi connectivity index (χ2v) is 5.01. The van der Waals surface area contributed by atoms with Crippen molar-refractivity contribution in [3.8, 4) is 5.75 Å². The van der Waals surface area contributed by atoms with Crippen LogP contribution in [0.4, 0.5) is 0 Å². The minimum absolute atomic E-state index is 0.0306. The van der Waals surface area contributed by atoms with Gasteiger partial charge in [-0.15, -0.1) is 0 Å². The average molecular weight is 273 g/mol. The Morgan fingerprint density at radius 2 is 2.05 bits per heavy atom. The molecule has 0 radical (unpaired) electrons. The van der Waals surface area contributed by atoms with Crippen LogP contribution in [0.2, 0.25) is 0 Å². The number of hydrogen-bond donors (Lipinski definition) is 2. The normalized spacial score (nSPS) is 10.2. The SMILES string of the molecule is COc1ccccc1Sc1nccc(C)c1C(=N)N. The van der Waals surface area contributed by atoms with Crippen LogP contribution in [-0.4, -0.2) is 17.9 Å². The summed E-state index contributed by atoms with van der Waals surface area (Å²) in [6, 6.07) is 9.55. The summed E-state index contributed by atoms with van der Waals surface area (Å²) in [6.45, 7) is 1.92. The maximum absolute atomic E-state index is 7.67. The van der Waals surface area contributed by atoms with E-state index in [0.29, 0.717) is 5.56 Å². The number of nitrogens with two attached hydrogens (primary N) is 1. The van der Waals surface area contributed by atoms with E-state index in [1.165, 1.54) is 11.8 Å². The van der Waals surface area contributed by atoms with Crippen molar-refractivity contribution in [2.75, 3.05) is 7.11 Å².